The lowest BCUT2D eigenvalue weighted by atomic mass is 9.77. The van der Waals surface area contributed by atoms with Crippen molar-refractivity contribution < 1.29 is 24.1 Å². The van der Waals surface area contributed by atoms with Crippen molar-refractivity contribution in [2.24, 2.45) is 11.1 Å². The Kier molecular flexibility index (Phi) is 6.49. The van der Waals surface area contributed by atoms with Crippen LogP contribution in [-0.2, 0) is 16.1 Å². The summed E-state index contributed by atoms with van der Waals surface area (Å²) in [6.45, 7) is 5.57. The molecule has 37 heavy (non-hydrogen) atoms. The average Bonchev–Trinajstić information content (AvgIpc) is 3.47. The van der Waals surface area contributed by atoms with Crippen LogP contribution in [0.25, 0.3) is 0 Å². The molecule has 2 aromatic rings. The predicted octanol–water partition coefficient (Wildman–Crippen LogP) is 2.35. The fraction of sp³-hybridized carbons (Fsp3) is 0.600. The Morgan fingerprint density at radius 2 is 2.16 bits per heavy atom. The largest absolute Gasteiger partial charge is 0.486 e. The minimum absolute atomic E-state index is 0.0763. The molecule has 0 saturated carbocycles. The van der Waals surface area contributed by atoms with Crippen LogP contribution < -0.4 is 20.3 Å². The van der Waals surface area contributed by atoms with E-state index in [9.17, 15) is 9.90 Å². The number of carbonyl (C=O) groups excluding carboxylic acids is 1. The van der Waals surface area contributed by atoms with E-state index in [4.69, 9.17) is 29.9 Å². The number of ether oxygens (including phenoxy) is 3. The van der Waals surface area contributed by atoms with Crippen LogP contribution in [0, 0.1) is 5.41 Å². The van der Waals surface area contributed by atoms with Crippen molar-refractivity contribution in [1.29, 1.82) is 0 Å². The number of piperidine rings is 1. The van der Waals surface area contributed by atoms with Crippen molar-refractivity contribution in [3.05, 3.63) is 24.2 Å². The Morgan fingerprint density at radius 3 is 2.89 bits per heavy atom. The van der Waals surface area contributed by atoms with Gasteiger partial charge in [0.25, 0.3) is 0 Å². The predicted molar refractivity (Wildman–Crippen MR) is 136 cm³/mol. The molecule has 4 aliphatic rings. The van der Waals surface area contributed by atoms with Crippen LogP contribution in [-0.4, -0.2) is 77.2 Å². The highest BCUT2D eigenvalue weighted by Crippen LogP contribution is 2.45. The van der Waals surface area contributed by atoms with Gasteiger partial charge in [-0.1, -0.05) is 11.8 Å². The molecule has 198 valence electrons. The van der Waals surface area contributed by atoms with E-state index in [0.29, 0.717) is 42.1 Å². The minimum Gasteiger partial charge on any atom is -0.486 e. The van der Waals surface area contributed by atoms with Gasteiger partial charge in [0.05, 0.1) is 43.0 Å². The van der Waals surface area contributed by atoms with Gasteiger partial charge in [0.1, 0.15) is 23.4 Å². The highest BCUT2D eigenvalue weighted by Gasteiger charge is 2.42. The number of rotatable bonds is 5. The second-order valence-electron chi connectivity index (χ2n) is 10.4. The van der Waals surface area contributed by atoms with Crippen molar-refractivity contribution in [3.8, 4) is 5.75 Å². The Morgan fingerprint density at radius 1 is 1.32 bits per heavy atom. The van der Waals surface area contributed by atoms with Gasteiger partial charge < -0.3 is 34.9 Å². The number of nitrogens with two attached hydrogens (primary N) is 1. The fourth-order valence-corrected chi connectivity index (χ4v) is 6.94. The number of aliphatic hydroxyl groups is 1. The standard InChI is InChI=1S/C25H32N6O5S/c1-15-9-25(14-35-15)3-6-30(7-4-25)22-18(12-32)29-20(10-28-22)37-19-2-5-27-23-21(19)34-13-16-8-17(11-31(16)23)36-24(26)33/h2,5,10,15-17,32H,3-4,6-9,11-14H2,1H3,(H2,26,33)/t15-,16-,17-/m0/s1. The van der Waals surface area contributed by atoms with Crippen molar-refractivity contribution in [1.82, 2.24) is 15.0 Å². The highest BCUT2D eigenvalue weighted by molar-refractivity contribution is 7.99. The Labute approximate surface area is 219 Å². The smallest absolute Gasteiger partial charge is 0.404 e. The minimum atomic E-state index is -0.767. The summed E-state index contributed by atoms with van der Waals surface area (Å²) in [4.78, 5) is 30.4. The molecule has 0 bridgehead atoms. The van der Waals surface area contributed by atoms with Crippen LogP contribution in [0.15, 0.2) is 28.4 Å². The Bertz CT molecular complexity index is 1180. The zero-order valence-electron chi connectivity index (χ0n) is 20.8. The number of pyridine rings is 1. The molecule has 12 heteroatoms. The molecular weight excluding hydrogens is 496 g/mol. The molecule has 3 fully saturated rings. The molecule has 1 spiro atoms. The molecule has 6 rings (SSSR count). The van der Waals surface area contributed by atoms with E-state index in [1.165, 1.54) is 11.8 Å². The third-order valence-corrected chi connectivity index (χ3v) is 8.83. The number of carbonyl (C=O) groups is 1. The molecular formula is C25H32N6O5S. The monoisotopic (exact) mass is 528 g/mol. The van der Waals surface area contributed by atoms with Gasteiger partial charge in [-0.3, -0.25) is 0 Å². The quantitative estimate of drug-likeness (QED) is 0.592. The molecule has 0 aromatic carbocycles. The summed E-state index contributed by atoms with van der Waals surface area (Å²) in [7, 11) is 0. The number of aliphatic hydroxyl groups excluding tert-OH is 1. The van der Waals surface area contributed by atoms with Crippen LogP contribution in [0.1, 0.15) is 38.3 Å². The van der Waals surface area contributed by atoms with E-state index in [1.54, 1.807) is 12.4 Å². The second kappa shape index (κ2) is 9.80. The summed E-state index contributed by atoms with van der Waals surface area (Å²) in [6.07, 6.45) is 6.66. The molecule has 3 N–H and O–H groups in total. The summed E-state index contributed by atoms with van der Waals surface area (Å²) in [6, 6.07) is 1.97. The van der Waals surface area contributed by atoms with Crippen LogP contribution in [0.2, 0.25) is 0 Å². The highest BCUT2D eigenvalue weighted by atomic mass is 32.2. The third-order valence-electron chi connectivity index (χ3n) is 7.88. The van der Waals surface area contributed by atoms with Gasteiger partial charge in [0, 0.05) is 25.7 Å². The third kappa shape index (κ3) is 4.77. The molecule has 1 amide bonds. The number of aromatic nitrogens is 3. The molecule has 3 saturated heterocycles. The van der Waals surface area contributed by atoms with Crippen molar-refractivity contribution in [2.75, 3.05) is 42.6 Å². The van der Waals surface area contributed by atoms with Gasteiger partial charge in [-0.2, -0.15) is 0 Å². The second-order valence-corrected chi connectivity index (χ2v) is 11.5. The summed E-state index contributed by atoms with van der Waals surface area (Å²) in [5.74, 6) is 2.15. The van der Waals surface area contributed by atoms with Gasteiger partial charge in [-0.05, 0) is 37.7 Å². The molecule has 0 aliphatic carbocycles. The molecule has 3 atom stereocenters. The average molecular weight is 529 g/mol. The van der Waals surface area contributed by atoms with Gasteiger partial charge >= 0.3 is 6.09 Å². The normalized spacial score (nSPS) is 26.1. The first kappa shape index (κ1) is 24.5. The van der Waals surface area contributed by atoms with E-state index in [-0.39, 0.29) is 24.2 Å². The van der Waals surface area contributed by atoms with Crippen molar-refractivity contribution in [3.63, 3.8) is 0 Å². The van der Waals surface area contributed by atoms with Gasteiger partial charge in [0.2, 0.25) is 0 Å². The van der Waals surface area contributed by atoms with Gasteiger partial charge in [-0.25, -0.2) is 19.7 Å². The first-order valence-electron chi connectivity index (χ1n) is 12.8. The topological polar surface area (TPSA) is 136 Å². The van der Waals surface area contributed by atoms with Gasteiger partial charge in [0.15, 0.2) is 17.4 Å². The van der Waals surface area contributed by atoms with Crippen LogP contribution >= 0.6 is 11.8 Å². The number of nitrogens with zero attached hydrogens (tertiary/aromatic N) is 5. The van der Waals surface area contributed by atoms with E-state index < -0.39 is 6.09 Å². The maximum atomic E-state index is 11.2. The summed E-state index contributed by atoms with van der Waals surface area (Å²) < 4.78 is 17.2. The summed E-state index contributed by atoms with van der Waals surface area (Å²) in [5.41, 5.74) is 6.06. The number of amides is 1. The molecule has 0 radical (unpaired) electrons. The Balaban J connectivity index is 1.17. The Hall–Kier alpha value is -2.83. The van der Waals surface area contributed by atoms with Crippen molar-refractivity contribution >= 4 is 29.5 Å². The lowest BCUT2D eigenvalue weighted by molar-refractivity contribution is 0.0975. The lowest BCUT2D eigenvalue weighted by Crippen LogP contribution is -2.41. The number of hydrogen-bond acceptors (Lipinski definition) is 11. The van der Waals surface area contributed by atoms with Crippen LogP contribution in [0.4, 0.5) is 16.4 Å². The number of primary amides is 1. The number of anilines is 2. The lowest BCUT2D eigenvalue weighted by Gasteiger charge is -2.39. The summed E-state index contributed by atoms with van der Waals surface area (Å²) in [5, 5.41) is 10.8. The summed E-state index contributed by atoms with van der Waals surface area (Å²) >= 11 is 1.43. The SMILES string of the molecule is C[C@H]1CC2(CCN(c3ncc(Sc4ccnc5c4OC[C@@H]4C[C@H](OC(N)=O)CN54)nc3CO)CC2)CO1. The van der Waals surface area contributed by atoms with E-state index >= 15 is 0 Å². The van der Waals surface area contributed by atoms with Crippen LogP contribution in [0.5, 0.6) is 5.75 Å². The fourth-order valence-electron chi connectivity index (χ4n) is 6.08. The molecule has 4 aliphatic heterocycles. The molecule has 0 unspecified atom stereocenters. The maximum absolute atomic E-state index is 11.2. The first-order valence-corrected chi connectivity index (χ1v) is 13.6. The molecule has 11 nitrogen and oxygen atoms in total. The van der Waals surface area contributed by atoms with Crippen LogP contribution in [0.3, 0.4) is 0 Å². The maximum Gasteiger partial charge on any atom is 0.404 e. The number of fused-ring (bicyclic) bond motifs is 3. The van der Waals surface area contributed by atoms with Crippen molar-refractivity contribution in [2.45, 2.75) is 67.4 Å². The van der Waals surface area contributed by atoms with E-state index in [0.717, 1.165) is 55.5 Å². The molecule has 6 heterocycles. The number of hydrogen-bond donors (Lipinski definition) is 2. The van der Waals surface area contributed by atoms with E-state index in [1.807, 2.05) is 6.07 Å². The van der Waals surface area contributed by atoms with Gasteiger partial charge in [-0.15, -0.1) is 0 Å². The zero-order chi connectivity index (χ0) is 25.6. The van der Waals surface area contributed by atoms with E-state index in [2.05, 4.69) is 21.7 Å². The first-order chi connectivity index (χ1) is 17.9. The molecule has 2 aromatic heterocycles. The zero-order valence-corrected chi connectivity index (χ0v) is 21.7.